The molecule has 1 aromatic heterocycles. The maximum atomic E-state index is 11.9. The van der Waals surface area contributed by atoms with E-state index in [2.05, 4.69) is 10.6 Å². The molecular formula is C14H14N2O3S. The van der Waals surface area contributed by atoms with Crippen molar-refractivity contribution in [2.45, 2.75) is 13.0 Å². The molecule has 2 rings (SSSR count). The van der Waals surface area contributed by atoms with Crippen LogP contribution in [0.15, 0.2) is 41.8 Å². The number of benzene rings is 1. The molecule has 0 fully saturated rings. The van der Waals surface area contributed by atoms with Crippen molar-refractivity contribution in [2.24, 2.45) is 0 Å². The first-order chi connectivity index (χ1) is 9.58. The average molecular weight is 290 g/mol. The van der Waals surface area contributed by atoms with Gasteiger partial charge in [0, 0.05) is 4.88 Å². The minimum absolute atomic E-state index is 0.0615. The van der Waals surface area contributed by atoms with Crippen LogP contribution in [0.25, 0.3) is 0 Å². The van der Waals surface area contributed by atoms with E-state index in [1.165, 1.54) is 6.07 Å². The Morgan fingerprint density at radius 3 is 2.60 bits per heavy atom. The first-order valence-corrected chi connectivity index (χ1v) is 6.89. The van der Waals surface area contributed by atoms with E-state index >= 15 is 0 Å². The van der Waals surface area contributed by atoms with Gasteiger partial charge in [-0.2, -0.15) is 0 Å². The molecule has 0 aliphatic heterocycles. The van der Waals surface area contributed by atoms with Gasteiger partial charge in [-0.25, -0.2) is 9.59 Å². The van der Waals surface area contributed by atoms with Crippen LogP contribution >= 0.6 is 11.3 Å². The number of amides is 2. The molecule has 0 spiro atoms. The number of thiophene rings is 1. The molecule has 1 unspecified atom stereocenters. The third-order valence-corrected chi connectivity index (χ3v) is 3.78. The molecule has 1 atom stereocenters. The van der Waals surface area contributed by atoms with E-state index in [4.69, 9.17) is 5.11 Å². The zero-order valence-corrected chi connectivity index (χ0v) is 11.6. The lowest BCUT2D eigenvalue weighted by atomic mass is 10.2. The van der Waals surface area contributed by atoms with Gasteiger partial charge in [0.05, 0.1) is 17.3 Å². The van der Waals surface area contributed by atoms with Gasteiger partial charge in [0.1, 0.15) is 0 Å². The summed E-state index contributed by atoms with van der Waals surface area (Å²) in [6, 6.07) is 9.56. The zero-order chi connectivity index (χ0) is 14.5. The Labute approximate surface area is 120 Å². The Balaban J connectivity index is 2.03. The van der Waals surface area contributed by atoms with Crippen LogP contribution < -0.4 is 10.6 Å². The maximum absolute atomic E-state index is 11.9. The zero-order valence-electron chi connectivity index (χ0n) is 10.8. The number of carbonyl (C=O) groups excluding carboxylic acids is 1. The monoisotopic (exact) mass is 290 g/mol. The van der Waals surface area contributed by atoms with Gasteiger partial charge in [-0.05, 0) is 30.5 Å². The predicted octanol–water partition coefficient (Wildman–Crippen LogP) is 3.33. The first kappa shape index (κ1) is 14.1. The molecule has 1 aromatic carbocycles. The molecule has 20 heavy (non-hydrogen) atoms. The number of urea groups is 1. The molecule has 0 radical (unpaired) electrons. The number of anilines is 1. The number of aromatic carboxylic acids is 1. The number of carboxylic acid groups (broad SMARTS) is 1. The van der Waals surface area contributed by atoms with Crippen molar-refractivity contribution < 1.29 is 14.7 Å². The van der Waals surface area contributed by atoms with Crippen molar-refractivity contribution in [3.63, 3.8) is 0 Å². The van der Waals surface area contributed by atoms with Crippen LogP contribution in [0.4, 0.5) is 10.5 Å². The average Bonchev–Trinajstić information content (AvgIpc) is 2.92. The predicted molar refractivity (Wildman–Crippen MR) is 78.3 cm³/mol. The molecule has 1 heterocycles. The van der Waals surface area contributed by atoms with Crippen molar-refractivity contribution in [1.29, 1.82) is 0 Å². The van der Waals surface area contributed by atoms with Crippen molar-refractivity contribution in [2.75, 3.05) is 5.32 Å². The van der Waals surface area contributed by atoms with Gasteiger partial charge >= 0.3 is 12.0 Å². The van der Waals surface area contributed by atoms with Crippen molar-refractivity contribution in [1.82, 2.24) is 5.32 Å². The highest BCUT2D eigenvalue weighted by Gasteiger charge is 2.14. The number of nitrogens with one attached hydrogen (secondary N) is 2. The summed E-state index contributed by atoms with van der Waals surface area (Å²) in [5.74, 6) is -1.08. The van der Waals surface area contributed by atoms with Crippen LogP contribution in [-0.4, -0.2) is 17.1 Å². The van der Waals surface area contributed by atoms with Gasteiger partial charge < -0.3 is 15.7 Å². The molecule has 0 saturated heterocycles. The number of rotatable bonds is 4. The third kappa shape index (κ3) is 3.36. The second-order valence-electron chi connectivity index (χ2n) is 4.19. The fourth-order valence-electron chi connectivity index (χ4n) is 1.74. The minimum atomic E-state index is -1.08. The Morgan fingerprint density at radius 1 is 1.20 bits per heavy atom. The van der Waals surface area contributed by atoms with Crippen molar-refractivity contribution >= 4 is 29.0 Å². The molecular weight excluding hydrogens is 276 g/mol. The smallest absolute Gasteiger partial charge is 0.337 e. The molecule has 6 heteroatoms. The normalized spacial score (nSPS) is 11.7. The second kappa shape index (κ2) is 6.21. The third-order valence-electron chi connectivity index (χ3n) is 2.72. The molecule has 0 aliphatic carbocycles. The van der Waals surface area contributed by atoms with Crippen molar-refractivity contribution in [3.05, 3.63) is 52.2 Å². The Bertz CT molecular complexity index is 611. The summed E-state index contributed by atoms with van der Waals surface area (Å²) in [6.45, 7) is 1.87. The maximum Gasteiger partial charge on any atom is 0.337 e. The standard InChI is InChI=1S/C14H14N2O3S/c1-9(12-7-4-8-20-12)15-14(19)16-11-6-3-2-5-10(11)13(17)18/h2-9H,1H3,(H,17,18)(H2,15,16,19). The molecule has 0 bridgehead atoms. The molecule has 3 N–H and O–H groups in total. The van der Waals surface area contributed by atoms with Crippen LogP contribution in [0.5, 0.6) is 0 Å². The van der Waals surface area contributed by atoms with E-state index in [1.54, 1.807) is 29.5 Å². The van der Waals surface area contributed by atoms with Gasteiger partial charge in [0.15, 0.2) is 0 Å². The summed E-state index contributed by atoms with van der Waals surface area (Å²) in [6.07, 6.45) is 0. The molecule has 104 valence electrons. The summed E-state index contributed by atoms with van der Waals surface area (Å²) in [5.41, 5.74) is 0.335. The lowest BCUT2D eigenvalue weighted by molar-refractivity contribution is 0.0698. The molecule has 0 aliphatic rings. The van der Waals surface area contributed by atoms with Crippen LogP contribution in [-0.2, 0) is 0 Å². The van der Waals surface area contributed by atoms with E-state index in [9.17, 15) is 9.59 Å². The SMILES string of the molecule is CC(NC(=O)Nc1ccccc1C(=O)O)c1cccs1. The summed E-state index contributed by atoms with van der Waals surface area (Å²) in [7, 11) is 0. The Kier molecular flexibility index (Phi) is 4.37. The molecule has 5 nitrogen and oxygen atoms in total. The van der Waals surface area contributed by atoms with Crippen LogP contribution in [0, 0.1) is 0 Å². The van der Waals surface area contributed by atoms with E-state index < -0.39 is 12.0 Å². The fraction of sp³-hybridized carbons (Fsp3) is 0.143. The number of hydrogen-bond acceptors (Lipinski definition) is 3. The molecule has 0 saturated carbocycles. The fourth-order valence-corrected chi connectivity index (χ4v) is 2.48. The molecule has 2 aromatic rings. The largest absolute Gasteiger partial charge is 0.478 e. The number of hydrogen-bond donors (Lipinski definition) is 3. The number of carboxylic acids is 1. The van der Waals surface area contributed by atoms with Crippen LogP contribution in [0.2, 0.25) is 0 Å². The summed E-state index contributed by atoms with van der Waals surface area (Å²) in [5, 5.41) is 16.3. The van der Waals surface area contributed by atoms with E-state index in [-0.39, 0.29) is 17.3 Å². The van der Waals surface area contributed by atoms with E-state index in [1.807, 2.05) is 24.4 Å². The Morgan fingerprint density at radius 2 is 1.95 bits per heavy atom. The van der Waals surface area contributed by atoms with Gasteiger partial charge in [-0.15, -0.1) is 11.3 Å². The minimum Gasteiger partial charge on any atom is -0.478 e. The van der Waals surface area contributed by atoms with Gasteiger partial charge in [0.2, 0.25) is 0 Å². The summed E-state index contributed by atoms with van der Waals surface area (Å²) >= 11 is 1.55. The highest BCUT2D eigenvalue weighted by Crippen LogP contribution is 2.19. The van der Waals surface area contributed by atoms with E-state index in [0.29, 0.717) is 0 Å². The van der Waals surface area contributed by atoms with Crippen LogP contribution in [0.1, 0.15) is 28.2 Å². The van der Waals surface area contributed by atoms with Gasteiger partial charge in [-0.3, -0.25) is 0 Å². The highest BCUT2D eigenvalue weighted by atomic mass is 32.1. The second-order valence-corrected chi connectivity index (χ2v) is 5.17. The first-order valence-electron chi connectivity index (χ1n) is 6.01. The topological polar surface area (TPSA) is 78.4 Å². The number of para-hydroxylation sites is 1. The highest BCUT2D eigenvalue weighted by molar-refractivity contribution is 7.10. The summed E-state index contributed by atoms with van der Waals surface area (Å²) < 4.78 is 0. The van der Waals surface area contributed by atoms with Crippen LogP contribution in [0.3, 0.4) is 0 Å². The Hall–Kier alpha value is -2.34. The lowest BCUT2D eigenvalue weighted by Gasteiger charge is -2.14. The van der Waals surface area contributed by atoms with Gasteiger partial charge in [0.25, 0.3) is 0 Å². The van der Waals surface area contributed by atoms with Crippen molar-refractivity contribution in [3.8, 4) is 0 Å². The lowest BCUT2D eigenvalue weighted by Crippen LogP contribution is -2.31. The quantitative estimate of drug-likeness (QED) is 0.808. The number of carbonyl (C=O) groups is 2. The summed E-state index contributed by atoms with van der Waals surface area (Å²) in [4.78, 5) is 24.0. The van der Waals surface area contributed by atoms with E-state index in [0.717, 1.165) is 4.88 Å². The molecule has 2 amide bonds. The van der Waals surface area contributed by atoms with Gasteiger partial charge in [-0.1, -0.05) is 18.2 Å².